The molecule has 0 aliphatic rings. The second-order valence-corrected chi connectivity index (χ2v) is 6.18. The molecule has 1 heterocycles. The van der Waals surface area contributed by atoms with Gasteiger partial charge in [0.05, 0.1) is 0 Å². The summed E-state index contributed by atoms with van der Waals surface area (Å²) < 4.78 is 0. The lowest BCUT2D eigenvalue weighted by Gasteiger charge is -2.08. The second kappa shape index (κ2) is 8.97. The van der Waals surface area contributed by atoms with Gasteiger partial charge in [0.1, 0.15) is 5.69 Å². The van der Waals surface area contributed by atoms with Gasteiger partial charge in [-0.3, -0.25) is 4.79 Å². The number of halogens is 1. The van der Waals surface area contributed by atoms with Crippen molar-refractivity contribution in [2.45, 2.75) is 13.0 Å². The van der Waals surface area contributed by atoms with Gasteiger partial charge in [0.25, 0.3) is 5.91 Å². The van der Waals surface area contributed by atoms with Crippen molar-refractivity contribution in [3.63, 3.8) is 0 Å². The Balaban J connectivity index is 1.53. The van der Waals surface area contributed by atoms with Gasteiger partial charge in [-0.25, -0.2) is 9.97 Å². The molecule has 3 aromatic rings. The van der Waals surface area contributed by atoms with E-state index in [4.69, 9.17) is 11.6 Å². The van der Waals surface area contributed by atoms with E-state index in [0.717, 1.165) is 22.6 Å². The van der Waals surface area contributed by atoms with Gasteiger partial charge >= 0.3 is 0 Å². The van der Waals surface area contributed by atoms with Crippen molar-refractivity contribution in [1.82, 2.24) is 15.3 Å². The summed E-state index contributed by atoms with van der Waals surface area (Å²) in [5.74, 6) is 0.202. The molecule has 0 fully saturated rings. The average Bonchev–Trinajstić information content (AvgIpc) is 2.67. The van der Waals surface area contributed by atoms with Gasteiger partial charge in [-0.05, 0) is 35.7 Å². The third kappa shape index (κ3) is 5.29. The standard InChI is InChI=1S/C20H19ClN4O/c21-17-8-4-7-15(13-17)9-11-22-20-23-12-10-18(25-20)19(26)24-14-16-5-2-1-3-6-16/h1-8,10,12-13H,9,11,14H2,(H,24,26)(H,22,23,25). The van der Waals surface area contributed by atoms with E-state index in [1.165, 1.54) is 0 Å². The van der Waals surface area contributed by atoms with Crippen LogP contribution in [0, 0.1) is 0 Å². The van der Waals surface area contributed by atoms with Crippen LogP contribution < -0.4 is 10.6 Å². The minimum absolute atomic E-state index is 0.228. The zero-order chi connectivity index (χ0) is 18.2. The Labute approximate surface area is 157 Å². The maximum atomic E-state index is 12.3. The molecule has 132 valence electrons. The highest BCUT2D eigenvalue weighted by atomic mass is 35.5. The number of anilines is 1. The summed E-state index contributed by atoms with van der Waals surface area (Å²) in [5.41, 5.74) is 2.50. The number of rotatable bonds is 7. The molecule has 1 aromatic heterocycles. The molecule has 0 atom stereocenters. The van der Waals surface area contributed by atoms with Crippen LogP contribution in [0.4, 0.5) is 5.95 Å². The SMILES string of the molecule is O=C(NCc1ccccc1)c1ccnc(NCCc2cccc(Cl)c2)n1. The summed E-state index contributed by atoms with van der Waals surface area (Å²) in [6, 6.07) is 19.1. The quantitative estimate of drug-likeness (QED) is 0.668. The third-order valence-corrected chi connectivity index (χ3v) is 4.01. The van der Waals surface area contributed by atoms with E-state index in [2.05, 4.69) is 20.6 Å². The molecule has 0 saturated heterocycles. The Bertz CT molecular complexity index is 870. The molecule has 2 N–H and O–H groups in total. The molecule has 0 radical (unpaired) electrons. The van der Waals surface area contributed by atoms with Gasteiger partial charge in [0.15, 0.2) is 0 Å². The van der Waals surface area contributed by atoms with Crippen LogP contribution >= 0.6 is 11.6 Å². The van der Waals surface area contributed by atoms with Crippen molar-refractivity contribution in [3.8, 4) is 0 Å². The van der Waals surface area contributed by atoms with Crippen LogP contribution in [0.25, 0.3) is 0 Å². The summed E-state index contributed by atoms with van der Waals surface area (Å²) in [4.78, 5) is 20.7. The van der Waals surface area contributed by atoms with Crippen LogP contribution in [0.1, 0.15) is 21.6 Å². The lowest BCUT2D eigenvalue weighted by molar-refractivity contribution is 0.0946. The Morgan fingerprint density at radius 2 is 1.81 bits per heavy atom. The van der Waals surface area contributed by atoms with E-state index >= 15 is 0 Å². The molecular weight excluding hydrogens is 348 g/mol. The molecular formula is C20H19ClN4O. The van der Waals surface area contributed by atoms with Crippen molar-refractivity contribution >= 4 is 23.5 Å². The van der Waals surface area contributed by atoms with Gasteiger partial charge in [-0.1, -0.05) is 54.1 Å². The van der Waals surface area contributed by atoms with Crippen molar-refractivity contribution < 1.29 is 4.79 Å². The molecule has 26 heavy (non-hydrogen) atoms. The van der Waals surface area contributed by atoms with Crippen molar-refractivity contribution in [2.24, 2.45) is 0 Å². The number of aromatic nitrogens is 2. The molecule has 5 nitrogen and oxygen atoms in total. The van der Waals surface area contributed by atoms with Crippen molar-refractivity contribution in [3.05, 3.63) is 88.7 Å². The zero-order valence-corrected chi connectivity index (χ0v) is 14.9. The molecule has 3 rings (SSSR count). The number of carbonyl (C=O) groups is 1. The van der Waals surface area contributed by atoms with Gasteiger partial charge < -0.3 is 10.6 Å². The van der Waals surface area contributed by atoms with Crippen LogP contribution in [0.5, 0.6) is 0 Å². The van der Waals surface area contributed by atoms with Crippen LogP contribution in [-0.2, 0) is 13.0 Å². The zero-order valence-electron chi connectivity index (χ0n) is 14.2. The van der Waals surface area contributed by atoms with E-state index in [1.54, 1.807) is 12.3 Å². The first-order valence-electron chi connectivity index (χ1n) is 8.34. The molecule has 0 saturated carbocycles. The predicted octanol–water partition coefficient (Wildman–Crippen LogP) is 3.71. The Morgan fingerprint density at radius 1 is 1.00 bits per heavy atom. The van der Waals surface area contributed by atoms with Crippen LogP contribution in [0.2, 0.25) is 5.02 Å². The molecule has 0 spiro atoms. The number of nitrogens with one attached hydrogen (secondary N) is 2. The second-order valence-electron chi connectivity index (χ2n) is 5.74. The fraction of sp³-hybridized carbons (Fsp3) is 0.150. The van der Waals surface area contributed by atoms with Crippen LogP contribution in [0.15, 0.2) is 66.9 Å². The molecule has 2 aromatic carbocycles. The Kier molecular flexibility index (Phi) is 6.17. The Hall–Kier alpha value is -2.92. The fourth-order valence-corrected chi connectivity index (χ4v) is 2.66. The van der Waals surface area contributed by atoms with Gasteiger partial charge in [-0.15, -0.1) is 0 Å². The van der Waals surface area contributed by atoms with E-state index < -0.39 is 0 Å². The van der Waals surface area contributed by atoms with Crippen molar-refractivity contribution in [1.29, 1.82) is 0 Å². The molecule has 6 heteroatoms. The maximum Gasteiger partial charge on any atom is 0.270 e. The minimum atomic E-state index is -0.228. The van der Waals surface area contributed by atoms with E-state index in [1.807, 2.05) is 54.6 Å². The number of nitrogens with zero attached hydrogens (tertiary/aromatic N) is 2. The topological polar surface area (TPSA) is 66.9 Å². The normalized spacial score (nSPS) is 10.3. The smallest absolute Gasteiger partial charge is 0.270 e. The summed E-state index contributed by atoms with van der Waals surface area (Å²) in [6.07, 6.45) is 2.36. The number of benzene rings is 2. The lowest BCUT2D eigenvalue weighted by atomic mass is 10.1. The van der Waals surface area contributed by atoms with E-state index in [-0.39, 0.29) is 5.91 Å². The first-order valence-corrected chi connectivity index (χ1v) is 8.72. The number of carbonyl (C=O) groups excluding carboxylic acids is 1. The molecule has 1 amide bonds. The highest BCUT2D eigenvalue weighted by Crippen LogP contribution is 2.11. The number of hydrogen-bond acceptors (Lipinski definition) is 4. The molecule has 0 aliphatic carbocycles. The largest absolute Gasteiger partial charge is 0.354 e. The molecule has 0 unspecified atom stereocenters. The monoisotopic (exact) mass is 366 g/mol. The minimum Gasteiger partial charge on any atom is -0.354 e. The van der Waals surface area contributed by atoms with Gasteiger partial charge in [0.2, 0.25) is 5.95 Å². The first kappa shape index (κ1) is 17.9. The number of amides is 1. The van der Waals surface area contributed by atoms with Gasteiger partial charge in [-0.2, -0.15) is 0 Å². The van der Waals surface area contributed by atoms with Crippen LogP contribution in [0.3, 0.4) is 0 Å². The fourth-order valence-electron chi connectivity index (χ4n) is 2.45. The molecule has 0 aliphatic heterocycles. The highest BCUT2D eigenvalue weighted by Gasteiger charge is 2.08. The Morgan fingerprint density at radius 3 is 2.62 bits per heavy atom. The van der Waals surface area contributed by atoms with E-state index in [0.29, 0.717) is 24.7 Å². The summed E-state index contributed by atoms with van der Waals surface area (Å²) in [7, 11) is 0. The van der Waals surface area contributed by atoms with Gasteiger partial charge in [0, 0.05) is 24.3 Å². The first-order chi connectivity index (χ1) is 12.7. The number of hydrogen-bond donors (Lipinski definition) is 2. The van der Waals surface area contributed by atoms with Crippen molar-refractivity contribution in [2.75, 3.05) is 11.9 Å². The maximum absolute atomic E-state index is 12.3. The summed E-state index contributed by atoms with van der Waals surface area (Å²) >= 11 is 5.98. The summed E-state index contributed by atoms with van der Waals surface area (Å²) in [6.45, 7) is 1.11. The summed E-state index contributed by atoms with van der Waals surface area (Å²) in [5, 5.41) is 6.71. The third-order valence-electron chi connectivity index (χ3n) is 3.77. The van der Waals surface area contributed by atoms with Crippen LogP contribution in [-0.4, -0.2) is 22.4 Å². The molecule has 0 bridgehead atoms. The lowest BCUT2D eigenvalue weighted by Crippen LogP contribution is -2.24. The highest BCUT2D eigenvalue weighted by molar-refractivity contribution is 6.30. The average molecular weight is 367 g/mol. The predicted molar refractivity (Wildman–Crippen MR) is 103 cm³/mol. The van der Waals surface area contributed by atoms with E-state index in [9.17, 15) is 4.79 Å².